The molecule has 2 unspecified atom stereocenters. The van der Waals surface area contributed by atoms with E-state index in [0.717, 1.165) is 50.1 Å². The van der Waals surface area contributed by atoms with Crippen LogP contribution in [0.2, 0.25) is 0 Å². The zero-order valence-electron chi connectivity index (χ0n) is 23.5. The summed E-state index contributed by atoms with van der Waals surface area (Å²) in [6, 6.07) is 15.0. The third kappa shape index (κ3) is 11.8. The maximum Gasteiger partial charge on any atom is 0.317 e. The molecule has 0 spiro atoms. The predicted octanol–water partition coefficient (Wildman–Crippen LogP) is 5.04. The van der Waals surface area contributed by atoms with Gasteiger partial charge in [-0.3, -0.25) is 0 Å². The van der Waals surface area contributed by atoms with Crippen molar-refractivity contribution in [2.24, 2.45) is 5.73 Å². The first-order valence-electron chi connectivity index (χ1n) is 14.7. The van der Waals surface area contributed by atoms with Gasteiger partial charge in [0.05, 0.1) is 6.10 Å². The van der Waals surface area contributed by atoms with E-state index in [1.54, 1.807) is 24.3 Å². The minimum Gasteiger partial charge on any atom is -0.508 e. The van der Waals surface area contributed by atoms with Crippen LogP contribution in [0, 0.1) is 0 Å². The number of aromatic hydroxyl groups is 1. The number of ether oxygens (including phenoxy) is 1. The number of unbranched alkanes of at least 4 members (excludes halogenated alkanes) is 5. The number of piperidine rings is 1. The molecule has 0 radical (unpaired) electrons. The van der Waals surface area contributed by atoms with Gasteiger partial charge in [-0.05, 0) is 74.1 Å². The van der Waals surface area contributed by atoms with Crippen LogP contribution in [0.25, 0.3) is 0 Å². The van der Waals surface area contributed by atoms with Crippen LogP contribution in [0.15, 0.2) is 48.5 Å². The van der Waals surface area contributed by atoms with Crippen molar-refractivity contribution in [3.05, 3.63) is 54.1 Å². The number of hydrogen-bond donors (Lipinski definition) is 5. The molecule has 0 aliphatic carbocycles. The van der Waals surface area contributed by atoms with E-state index >= 15 is 0 Å². The Balaban J connectivity index is 1.29. The van der Waals surface area contributed by atoms with Gasteiger partial charge in [0.15, 0.2) is 0 Å². The molecule has 0 bridgehead atoms. The van der Waals surface area contributed by atoms with Gasteiger partial charge in [0.1, 0.15) is 18.1 Å². The average molecular weight is 541 g/mol. The van der Waals surface area contributed by atoms with Gasteiger partial charge in [0.2, 0.25) is 0 Å². The Labute approximate surface area is 233 Å². The average Bonchev–Trinajstić information content (AvgIpc) is 2.93. The number of urea groups is 1. The molecule has 8 heteroatoms. The number of hydrogen-bond acceptors (Lipinski definition) is 6. The summed E-state index contributed by atoms with van der Waals surface area (Å²) in [4.78, 5) is 14.4. The van der Waals surface area contributed by atoms with Gasteiger partial charge in [-0.2, -0.15) is 0 Å². The van der Waals surface area contributed by atoms with E-state index in [-0.39, 0.29) is 24.4 Å². The highest BCUT2D eigenvalue weighted by Gasteiger charge is 2.22. The van der Waals surface area contributed by atoms with E-state index in [4.69, 9.17) is 10.5 Å². The van der Waals surface area contributed by atoms with Gasteiger partial charge in [-0.25, -0.2) is 4.79 Å². The monoisotopic (exact) mass is 540 g/mol. The number of aliphatic hydroxyl groups is 1. The number of benzene rings is 2. The molecule has 1 aliphatic rings. The number of nitrogens with two attached hydrogens (primary N) is 1. The zero-order chi connectivity index (χ0) is 27.9. The van der Waals surface area contributed by atoms with E-state index in [1.165, 1.54) is 32.1 Å². The van der Waals surface area contributed by atoms with Crippen molar-refractivity contribution < 1.29 is 19.7 Å². The minimum absolute atomic E-state index is 0.0692. The van der Waals surface area contributed by atoms with E-state index in [9.17, 15) is 15.0 Å². The molecule has 2 atom stereocenters. The maximum absolute atomic E-state index is 12.5. The third-order valence-electron chi connectivity index (χ3n) is 7.27. The largest absolute Gasteiger partial charge is 0.508 e. The summed E-state index contributed by atoms with van der Waals surface area (Å²) in [5.41, 5.74) is 8.47. The molecular weight excluding hydrogens is 492 g/mol. The molecule has 0 aromatic heterocycles. The summed E-state index contributed by atoms with van der Waals surface area (Å²) in [6.45, 7) is 4.69. The van der Waals surface area contributed by atoms with Gasteiger partial charge in [-0.1, -0.05) is 51.2 Å². The van der Waals surface area contributed by atoms with Crippen molar-refractivity contribution in [1.29, 1.82) is 0 Å². The van der Waals surface area contributed by atoms with E-state index < -0.39 is 6.10 Å². The number of aliphatic hydroxyl groups excluding tert-OH is 1. The highest BCUT2D eigenvalue weighted by Crippen LogP contribution is 2.19. The fraction of sp³-hybridized carbons (Fsp3) is 0.581. The van der Waals surface area contributed by atoms with Crippen LogP contribution in [0.3, 0.4) is 0 Å². The highest BCUT2D eigenvalue weighted by atomic mass is 16.5. The van der Waals surface area contributed by atoms with Crippen molar-refractivity contribution in [2.75, 3.05) is 31.6 Å². The topological polar surface area (TPSA) is 120 Å². The molecule has 1 heterocycles. The van der Waals surface area contributed by atoms with Crippen molar-refractivity contribution in [3.63, 3.8) is 0 Å². The number of nitrogens with zero attached hydrogens (tertiary/aromatic N) is 1. The lowest BCUT2D eigenvalue weighted by atomic mass is 10.0. The molecule has 0 saturated carbocycles. The van der Waals surface area contributed by atoms with Crippen molar-refractivity contribution in [1.82, 2.24) is 10.2 Å². The summed E-state index contributed by atoms with van der Waals surface area (Å²) in [7, 11) is 0. The van der Waals surface area contributed by atoms with Crippen LogP contribution >= 0.6 is 0 Å². The molecule has 8 nitrogen and oxygen atoms in total. The third-order valence-corrected chi connectivity index (χ3v) is 7.27. The van der Waals surface area contributed by atoms with E-state index in [1.807, 2.05) is 4.90 Å². The highest BCUT2D eigenvalue weighted by molar-refractivity contribution is 5.74. The molecule has 1 saturated heterocycles. The number of carbonyl (C=O) groups excluding carboxylic acids is 1. The standard InChI is InChI=1S/C31H48N4O4/c1-2-3-4-5-6-7-18-33-31(38)35-19-16-27(17-20-35)34-26-10-8-24(9-11-26)21-25(32)22-29(37)23-39-30-14-12-28(36)13-15-30/h8-15,25,27,29,34,36-37H,2-7,16-23,32H2,1H3,(H,33,38). The lowest BCUT2D eigenvalue weighted by molar-refractivity contribution is 0.0939. The first-order valence-corrected chi connectivity index (χ1v) is 14.7. The lowest BCUT2D eigenvalue weighted by Crippen LogP contribution is -2.47. The fourth-order valence-corrected chi connectivity index (χ4v) is 4.95. The van der Waals surface area contributed by atoms with Crippen LogP contribution < -0.4 is 21.1 Å². The normalized spacial score (nSPS) is 15.5. The summed E-state index contributed by atoms with van der Waals surface area (Å²) in [5.74, 6) is 0.774. The Morgan fingerprint density at radius 2 is 1.69 bits per heavy atom. The van der Waals surface area contributed by atoms with Crippen LogP contribution in [0.1, 0.15) is 70.3 Å². The molecule has 2 aromatic carbocycles. The number of anilines is 1. The summed E-state index contributed by atoms with van der Waals surface area (Å²) >= 11 is 0. The Bertz CT molecular complexity index is 946. The number of carbonyl (C=O) groups is 1. The zero-order valence-corrected chi connectivity index (χ0v) is 23.5. The first kappa shape index (κ1) is 30.6. The predicted molar refractivity (Wildman–Crippen MR) is 157 cm³/mol. The smallest absolute Gasteiger partial charge is 0.317 e. The number of nitrogens with one attached hydrogen (secondary N) is 2. The number of amides is 2. The Kier molecular flexibility index (Phi) is 13.2. The second-order valence-electron chi connectivity index (χ2n) is 10.8. The quantitative estimate of drug-likeness (QED) is 0.190. The fourth-order valence-electron chi connectivity index (χ4n) is 4.95. The Hall–Kier alpha value is -2.97. The Morgan fingerprint density at radius 1 is 1.03 bits per heavy atom. The number of phenolic OH excluding ortho intramolecular Hbond substituents is 1. The van der Waals surface area contributed by atoms with E-state index in [0.29, 0.717) is 24.6 Å². The van der Waals surface area contributed by atoms with Gasteiger partial charge in [0, 0.05) is 37.4 Å². The number of likely N-dealkylation sites (tertiary alicyclic amines) is 1. The van der Waals surface area contributed by atoms with Crippen molar-refractivity contribution >= 4 is 11.7 Å². The molecule has 2 aromatic rings. The molecular formula is C31H48N4O4. The lowest BCUT2D eigenvalue weighted by Gasteiger charge is -2.33. The Morgan fingerprint density at radius 3 is 2.38 bits per heavy atom. The first-order chi connectivity index (χ1) is 18.9. The molecule has 216 valence electrons. The van der Waals surface area contributed by atoms with Crippen LogP contribution in [0.5, 0.6) is 11.5 Å². The molecule has 3 rings (SSSR count). The number of rotatable bonds is 16. The number of phenols is 1. The van der Waals surface area contributed by atoms with Gasteiger partial charge >= 0.3 is 6.03 Å². The molecule has 1 fully saturated rings. The molecule has 6 N–H and O–H groups in total. The van der Waals surface area contributed by atoms with Gasteiger partial charge in [0.25, 0.3) is 0 Å². The van der Waals surface area contributed by atoms with Crippen molar-refractivity contribution in [2.45, 2.75) is 89.3 Å². The van der Waals surface area contributed by atoms with Crippen LogP contribution in [-0.4, -0.2) is 65.6 Å². The summed E-state index contributed by atoms with van der Waals surface area (Å²) in [5, 5.41) is 26.3. The summed E-state index contributed by atoms with van der Waals surface area (Å²) in [6.07, 6.45) is 9.67. The maximum atomic E-state index is 12.5. The SMILES string of the molecule is CCCCCCCCNC(=O)N1CCC(Nc2ccc(CC(N)CC(O)COc3ccc(O)cc3)cc2)CC1. The molecule has 1 aliphatic heterocycles. The minimum atomic E-state index is -0.668. The van der Waals surface area contributed by atoms with Crippen LogP contribution in [0.4, 0.5) is 10.5 Å². The van der Waals surface area contributed by atoms with Crippen molar-refractivity contribution in [3.8, 4) is 11.5 Å². The van der Waals surface area contributed by atoms with Crippen LogP contribution in [-0.2, 0) is 6.42 Å². The summed E-state index contributed by atoms with van der Waals surface area (Å²) < 4.78 is 5.57. The van der Waals surface area contributed by atoms with Gasteiger partial charge in [-0.15, -0.1) is 0 Å². The van der Waals surface area contributed by atoms with E-state index in [2.05, 4.69) is 41.8 Å². The molecule has 39 heavy (non-hydrogen) atoms. The molecule has 2 amide bonds. The van der Waals surface area contributed by atoms with Gasteiger partial charge < -0.3 is 36.2 Å². The second kappa shape index (κ2) is 16.9. The second-order valence-corrected chi connectivity index (χ2v) is 10.8.